The van der Waals surface area contributed by atoms with Crippen LogP contribution in [0.1, 0.15) is 25.3 Å². The van der Waals surface area contributed by atoms with Crippen LogP contribution in [-0.4, -0.2) is 16.8 Å². The number of amides is 2. The van der Waals surface area contributed by atoms with Gasteiger partial charge >= 0.3 is 11.8 Å². The van der Waals surface area contributed by atoms with Gasteiger partial charge in [0.1, 0.15) is 5.82 Å². The van der Waals surface area contributed by atoms with E-state index in [9.17, 15) is 9.59 Å². The molecule has 5 heteroatoms. The molecular weight excluding hydrogens is 266 g/mol. The Labute approximate surface area is 123 Å². The number of nitrogens with one attached hydrogen (secondary N) is 2. The molecule has 0 bridgehead atoms. The van der Waals surface area contributed by atoms with E-state index in [0.717, 1.165) is 5.56 Å². The standard InChI is InChI=1S/C16H17N3O2/c1-11(2)12-7-3-4-8-13(12)18-15(20)16(21)19-14-9-5-6-10-17-14/h3-11H,1-2H3,(H,18,20)(H,17,19,21). The van der Waals surface area contributed by atoms with Crippen LogP contribution in [0.25, 0.3) is 0 Å². The summed E-state index contributed by atoms with van der Waals surface area (Å²) < 4.78 is 0. The lowest BCUT2D eigenvalue weighted by Gasteiger charge is -2.13. The minimum Gasteiger partial charge on any atom is -0.318 e. The van der Waals surface area contributed by atoms with Crippen LogP contribution in [0.4, 0.5) is 11.5 Å². The highest BCUT2D eigenvalue weighted by Gasteiger charge is 2.16. The fourth-order valence-electron chi connectivity index (χ4n) is 1.90. The summed E-state index contributed by atoms with van der Waals surface area (Å²) in [6.45, 7) is 4.05. The summed E-state index contributed by atoms with van der Waals surface area (Å²) in [6, 6.07) is 12.5. The number of anilines is 2. The predicted molar refractivity (Wildman–Crippen MR) is 82.0 cm³/mol. The zero-order chi connectivity index (χ0) is 15.2. The minimum atomic E-state index is -0.743. The Kier molecular flexibility index (Phi) is 4.66. The molecule has 1 aromatic carbocycles. The first-order valence-corrected chi connectivity index (χ1v) is 6.70. The van der Waals surface area contributed by atoms with Gasteiger partial charge in [0.2, 0.25) is 0 Å². The van der Waals surface area contributed by atoms with Gasteiger partial charge in [-0.05, 0) is 29.7 Å². The summed E-state index contributed by atoms with van der Waals surface area (Å²) in [5, 5.41) is 5.08. The average Bonchev–Trinajstić information content (AvgIpc) is 2.48. The molecule has 2 aromatic rings. The molecule has 2 amide bonds. The molecule has 0 radical (unpaired) electrons. The molecule has 1 heterocycles. The number of nitrogens with zero attached hydrogens (tertiary/aromatic N) is 1. The van der Waals surface area contributed by atoms with Crippen molar-refractivity contribution in [2.45, 2.75) is 19.8 Å². The van der Waals surface area contributed by atoms with Gasteiger partial charge < -0.3 is 10.6 Å². The molecule has 0 saturated heterocycles. The Morgan fingerprint density at radius 1 is 0.952 bits per heavy atom. The van der Waals surface area contributed by atoms with E-state index in [4.69, 9.17) is 0 Å². The molecule has 0 aliphatic rings. The Morgan fingerprint density at radius 2 is 1.62 bits per heavy atom. The SMILES string of the molecule is CC(C)c1ccccc1NC(=O)C(=O)Nc1ccccn1. The van der Waals surface area contributed by atoms with Crippen LogP contribution < -0.4 is 10.6 Å². The van der Waals surface area contributed by atoms with Gasteiger partial charge in [0.05, 0.1) is 0 Å². The minimum absolute atomic E-state index is 0.250. The molecule has 0 atom stereocenters. The molecule has 108 valence electrons. The lowest BCUT2D eigenvalue weighted by Crippen LogP contribution is -2.29. The highest BCUT2D eigenvalue weighted by molar-refractivity contribution is 6.43. The molecule has 2 N–H and O–H groups in total. The molecule has 21 heavy (non-hydrogen) atoms. The van der Waals surface area contributed by atoms with Crippen LogP contribution in [0.2, 0.25) is 0 Å². The summed E-state index contributed by atoms with van der Waals surface area (Å²) in [5.41, 5.74) is 1.63. The van der Waals surface area contributed by atoms with Crippen molar-refractivity contribution in [1.82, 2.24) is 4.98 Å². The fraction of sp³-hybridized carbons (Fsp3) is 0.188. The van der Waals surface area contributed by atoms with Crippen molar-refractivity contribution in [1.29, 1.82) is 0 Å². The summed E-state index contributed by atoms with van der Waals surface area (Å²) in [7, 11) is 0. The Balaban J connectivity index is 2.06. The number of para-hydroxylation sites is 1. The molecular formula is C16H17N3O2. The van der Waals surface area contributed by atoms with Gasteiger partial charge in [-0.15, -0.1) is 0 Å². The second-order valence-electron chi connectivity index (χ2n) is 4.87. The van der Waals surface area contributed by atoms with Crippen molar-refractivity contribution in [3.05, 3.63) is 54.2 Å². The van der Waals surface area contributed by atoms with E-state index in [1.54, 1.807) is 30.5 Å². The summed E-state index contributed by atoms with van der Waals surface area (Å²) in [5.74, 6) is -0.865. The molecule has 0 aliphatic heterocycles. The predicted octanol–water partition coefficient (Wildman–Crippen LogP) is 2.78. The molecule has 1 aromatic heterocycles. The van der Waals surface area contributed by atoms with Crippen molar-refractivity contribution in [2.75, 3.05) is 10.6 Å². The second-order valence-corrected chi connectivity index (χ2v) is 4.87. The highest BCUT2D eigenvalue weighted by Crippen LogP contribution is 2.23. The van der Waals surface area contributed by atoms with E-state index in [-0.39, 0.29) is 5.92 Å². The maximum atomic E-state index is 11.9. The maximum absolute atomic E-state index is 11.9. The number of benzene rings is 1. The topological polar surface area (TPSA) is 71.1 Å². The van der Waals surface area contributed by atoms with Crippen LogP contribution in [0.3, 0.4) is 0 Å². The van der Waals surface area contributed by atoms with Crippen LogP contribution in [0.5, 0.6) is 0 Å². The van der Waals surface area contributed by atoms with E-state index in [2.05, 4.69) is 15.6 Å². The first kappa shape index (κ1) is 14.7. The van der Waals surface area contributed by atoms with Crippen LogP contribution in [0.15, 0.2) is 48.7 Å². The first-order valence-electron chi connectivity index (χ1n) is 6.70. The summed E-state index contributed by atoms with van der Waals surface area (Å²) in [4.78, 5) is 27.7. The number of hydrogen-bond donors (Lipinski definition) is 2. The van der Waals surface area contributed by atoms with Crippen molar-refractivity contribution < 1.29 is 9.59 Å². The number of pyridine rings is 1. The van der Waals surface area contributed by atoms with Gasteiger partial charge in [-0.25, -0.2) is 4.98 Å². The zero-order valence-corrected chi connectivity index (χ0v) is 12.0. The number of carbonyl (C=O) groups excluding carboxylic acids is 2. The summed E-state index contributed by atoms with van der Waals surface area (Å²) >= 11 is 0. The largest absolute Gasteiger partial charge is 0.318 e. The van der Waals surface area contributed by atoms with Crippen molar-refractivity contribution in [3.63, 3.8) is 0 Å². The smallest absolute Gasteiger partial charge is 0.315 e. The molecule has 0 unspecified atom stereocenters. The normalized spacial score (nSPS) is 10.2. The lowest BCUT2D eigenvalue weighted by atomic mass is 10.0. The van der Waals surface area contributed by atoms with E-state index in [1.807, 2.05) is 32.0 Å². The quantitative estimate of drug-likeness (QED) is 0.851. The molecule has 2 rings (SSSR count). The monoisotopic (exact) mass is 283 g/mol. The molecule has 5 nitrogen and oxygen atoms in total. The number of rotatable bonds is 3. The Morgan fingerprint density at radius 3 is 2.29 bits per heavy atom. The molecule has 0 aliphatic carbocycles. The van der Waals surface area contributed by atoms with Crippen molar-refractivity contribution in [2.24, 2.45) is 0 Å². The molecule has 0 spiro atoms. The van der Waals surface area contributed by atoms with Crippen molar-refractivity contribution >= 4 is 23.3 Å². The lowest BCUT2D eigenvalue weighted by molar-refractivity contribution is -0.133. The van der Waals surface area contributed by atoms with E-state index >= 15 is 0 Å². The highest BCUT2D eigenvalue weighted by atomic mass is 16.2. The van der Waals surface area contributed by atoms with Crippen LogP contribution in [-0.2, 0) is 9.59 Å². The Hall–Kier alpha value is -2.69. The summed E-state index contributed by atoms with van der Waals surface area (Å²) in [6.07, 6.45) is 1.54. The van der Waals surface area contributed by atoms with Gasteiger partial charge in [0.15, 0.2) is 0 Å². The number of carbonyl (C=O) groups is 2. The number of aromatic nitrogens is 1. The zero-order valence-electron chi connectivity index (χ0n) is 12.0. The molecule has 0 fully saturated rings. The van der Waals surface area contributed by atoms with E-state index < -0.39 is 11.8 Å². The van der Waals surface area contributed by atoms with Crippen molar-refractivity contribution in [3.8, 4) is 0 Å². The third-order valence-electron chi connectivity index (χ3n) is 2.94. The van der Waals surface area contributed by atoms with Crippen LogP contribution >= 0.6 is 0 Å². The first-order chi connectivity index (χ1) is 10.1. The third-order valence-corrected chi connectivity index (χ3v) is 2.94. The van der Waals surface area contributed by atoms with Gasteiger partial charge in [-0.2, -0.15) is 0 Å². The van der Waals surface area contributed by atoms with Gasteiger partial charge in [0.25, 0.3) is 0 Å². The molecule has 0 saturated carbocycles. The van der Waals surface area contributed by atoms with E-state index in [0.29, 0.717) is 11.5 Å². The van der Waals surface area contributed by atoms with E-state index in [1.165, 1.54) is 0 Å². The van der Waals surface area contributed by atoms with Gasteiger partial charge in [-0.3, -0.25) is 9.59 Å². The third kappa shape index (κ3) is 3.89. The Bertz CT molecular complexity index is 639. The maximum Gasteiger partial charge on any atom is 0.315 e. The van der Waals surface area contributed by atoms with Gasteiger partial charge in [0, 0.05) is 11.9 Å². The second kappa shape index (κ2) is 6.65. The van der Waals surface area contributed by atoms with Crippen LogP contribution in [0, 0.1) is 0 Å². The van der Waals surface area contributed by atoms with Gasteiger partial charge in [-0.1, -0.05) is 38.1 Å². The number of hydrogen-bond acceptors (Lipinski definition) is 3. The average molecular weight is 283 g/mol. The fourth-order valence-corrected chi connectivity index (χ4v) is 1.90.